The summed E-state index contributed by atoms with van der Waals surface area (Å²) >= 11 is 0. The minimum atomic E-state index is -1.02. The van der Waals surface area contributed by atoms with Gasteiger partial charge in [-0.2, -0.15) is 0 Å². The quantitative estimate of drug-likeness (QED) is 0.0492. The first kappa shape index (κ1) is 35.1. The molecule has 9 aromatic carbocycles. The number of phenolic OH excluding ortho intramolecular Hbond substituents is 8. The molecule has 0 fully saturated rings. The van der Waals surface area contributed by atoms with E-state index >= 15 is 0 Å². The SMILES string of the molecule is CC1(C)c2ccccc2-c2c(-c3c4c(O)c(O)c(O)c(O)c4c(-c4ccc(-c5ccc6oc7c8ccccc8ccc7c6c5)cc4)c4c(O)c(O)c(O)c(O)c34)cccc21. The summed E-state index contributed by atoms with van der Waals surface area (Å²) in [7, 11) is 0. The van der Waals surface area contributed by atoms with Crippen LogP contribution in [0, 0.1) is 0 Å². The van der Waals surface area contributed by atoms with Gasteiger partial charge < -0.3 is 45.3 Å². The number of aromatic hydroxyl groups is 8. The summed E-state index contributed by atoms with van der Waals surface area (Å²) in [6.07, 6.45) is 0. The van der Waals surface area contributed by atoms with E-state index in [1.54, 1.807) is 24.3 Å². The average Bonchev–Trinajstić information content (AvgIpc) is 3.77. The molecule has 1 aromatic heterocycles. The molecular formula is C51H34O9. The number of rotatable bonds is 3. The standard InChI is InChI=1S/C51H34O9/c1-51(2)32-12-6-5-10-29(32)36-30(11-7-13-33(36)51)37-40-38(42(52)46(56)48(58)44(40)54)35(39-41(37)45(55)49(59)47(57)43(39)53)25-16-14-23(15-17-25)26-19-21-34-31(22-26)28-20-18-24-8-3-4-9-27(24)50(28)60-34/h3-22,52-59H,1-2H3. The number of benzene rings is 9. The van der Waals surface area contributed by atoms with Gasteiger partial charge >= 0.3 is 0 Å². The Labute approximate surface area is 340 Å². The van der Waals surface area contributed by atoms with E-state index in [0.717, 1.165) is 60.5 Å². The van der Waals surface area contributed by atoms with Crippen molar-refractivity contribution in [1.82, 2.24) is 0 Å². The van der Waals surface area contributed by atoms with E-state index in [0.29, 0.717) is 16.7 Å². The zero-order valence-electron chi connectivity index (χ0n) is 32.0. The van der Waals surface area contributed by atoms with Gasteiger partial charge in [-0.05, 0) is 68.1 Å². The molecule has 9 nitrogen and oxygen atoms in total. The zero-order valence-corrected chi connectivity index (χ0v) is 32.0. The third-order valence-corrected chi connectivity index (χ3v) is 12.5. The van der Waals surface area contributed by atoms with Gasteiger partial charge in [0.1, 0.15) is 11.2 Å². The monoisotopic (exact) mass is 790 g/mol. The maximum absolute atomic E-state index is 11.9. The Bertz CT molecular complexity index is 3460. The smallest absolute Gasteiger partial charge is 0.204 e. The van der Waals surface area contributed by atoms with E-state index in [-0.39, 0.29) is 32.7 Å². The van der Waals surface area contributed by atoms with Gasteiger partial charge in [0.2, 0.25) is 23.0 Å². The van der Waals surface area contributed by atoms with E-state index < -0.39 is 51.4 Å². The summed E-state index contributed by atoms with van der Waals surface area (Å²) in [5.74, 6) is -7.37. The highest BCUT2D eigenvalue weighted by atomic mass is 16.4. The first-order valence-corrected chi connectivity index (χ1v) is 19.3. The lowest BCUT2D eigenvalue weighted by Gasteiger charge is -2.24. The highest BCUT2D eigenvalue weighted by Gasteiger charge is 2.39. The number of phenols is 8. The number of hydrogen-bond donors (Lipinski definition) is 8. The Morgan fingerprint density at radius 2 is 0.917 bits per heavy atom. The maximum Gasteiger partial charge on any atom is 0.204 e. The summed E-state index contributed by atoms with van der Waals surface area (Å²) in [4.78, 5) is 0. The summed E-state index contributed by atoms with van der Waals surface area (Å²) in [5, 5.41) is 95.1. The van der Waals surface area contributed by atoms with Gasteiger partial charge in [0.25, 0.3) is 0 Å². The van der Waals surface area contributed by atoms with Crippen molar-refractivity contribution in [3.63, 3.8) is 0 Å². The Hall–Kier alpha value is -8.04. The first-order valence-electron chi connectivity index (χ1n) is 19.3. The van der Waals surface area contributed by atoms with Gasteiger partial charge in [-0.15, -0.1) is 0 Å². The molecule has 0 amide bonds. The van der Waals surface area contributed by atoms with Crippen LogP contribution in [0.5, 0.6) is 46.0 Å². The summed E-state index contributed by atoms with van der Waals surface area (Å²) < 4.78 is 6.32. The van der Waals surface area contributed by atoms with Crippen LogP contribution in [0.15, 0.2) is 126 Å². The Morgan fingerprint density at radius 3 is 1.58 bits per heavy atom. The summed E-state index contributed by atoms with van der Waals surface area (Å²) in [6, 6.07) is 38.4. The fraction of sp³-hybridized carbons (Fsp3) is 0.0588. The number of furan rings is 1. The topological polar surface area (TPSA) is 175 Å². The van der Waals surface area contributed by atoms with Crippen LogP contribution >= 0.6 is 0 Å². The van der Waals surface area contributed by atoms with Crippen LogP contribution in [0.3, 0.4) is 0 Å². The van der Waals surface area contributed by atoms with Crippen molar-refractivity contribution >= 4 is 54.3 Å². The molecule has 8 N–H and O–H groups in total. The lowest BCUT2D eigenvalue weighted by molar-refractivity contribution is 0.350. The van der Waals surface area contributed by atoms with Crippen LogP contribution in [-0.4, -0.2) is 40.9 Å². The predicted octanol–water partition coefficient (Wildman–Crippen LogP) is 12.0. The van der Waals surface area contributed by atoms with Crippen LogP contribution in [0.4, 0.5) is 0 Å². The van der Waals surface area contributed by atoms with Gasteiger partial charge in [0.05, 0.1) is 0 Å². The third kappa shape index (κ3) is 4.45. The van der Waals surface area contributed by atoms with Crippen LogP contribution < -0.4 is 0 Å². The molecule has 11 rings (SSSR count). The van der Waals surface area contributed by atoms with Crippen LogP contribution in [0.25, 0.3) is 98.8 Å². The molecule has 9 heteroatoms. The molecular weight excluding hydrogens is 757 g/mol. The molecule has 0 saturated heterocycles. The van der Waals surface area contributed by atoms with Gasteiger partial charge in [-0.25, -0.2) is 0 Å². The minimum absolute atomic E-state index is 0.0158. The molecule has 0 unspecified atom stereocenters. The molecule has 0 radical (unpaired) electrons. The van der Waals surface area contributed by atoms with E-state index in [4.69, 9.17) is 4.42 Å². The van der Waals surface area contributed by atoms with E-state index in [2.05, 4.69) is 19.9 Å². The third-order valence-electron chi connectivity index (χ3n) is 12.5. The minimum Gasteiger partial charge on any atom is -0.504 e. The lowest BCUT2D eigenvalue weighted by Crippen LogP contribution is -2.14. The Balaban J connectivity index is 1.21. The van der Waals surface area contributed by atoms with Gasteiger partial charge in [-0.1, -0.05) is 117 Å². The summed E-state index contributed by atoms with van der Waals surface area (Å²) in [6.45, 7) is 4.14. The maximum atomic E-state index is 11.9. The molecule has 10 aromatic rings. The van der Waals surface area contributed by atoms with E-state index in [1.165, 1.54) is 0 Å². The number of hydrogen-bond acceptors (Lipinski definition) is 9. The average molecular weight is 791 g/mol. The van der Waals surface area contributed by atoms with Crippen molar-refractivity contribution in [2.24, 2.45) is 0 Å². The molecule has 1 heterocycles. The van der Waals surface area contributed by atoms with Crippen molar-refractivity contribution in [1.29, 1.82) is 0 Å². The first-order chi connectivity index (χ1) is 28.9. The molecule has 0 saturated carbocycles. The van der Waals surface area contributed by atoms with E-state index in [1.807, 2.05) is 91.0 Å². The molecule has 0 bridgehead atoms. The molecule has 1 aliphatic carbocycles. The second-order valence-corrected chi connectivity index (χ2v) is 16.0. The van der Waals surface area contributed by atoms with Crippen molar-refractivity contribution in [2.75, 3.05) is 0 Å². The van der Waals surface area contributed by atoms with Gasteiger partial charge in [0, 0.05) is 54.2 Å². The highest BCUT2D eigenvalue weighted by Crippen LogP contribution is 2.63. The highest BCUT2D eigenvalue weighted by molar-refractivity contribution is 6.30. The molecule has 60 heavy (non-hydrogen) atoms. The fourth-order valence-electron chi connectivity index (χ4n) is 9.65. The van der Waals surface area contributed by atoms with Gasteiger partial charge in [0.15, 0.2) is 23.0 Å². The van der Waals surface area contributed by atoms with Gasteiger partial charge in [-0.3, -0.25) is 0 Å². The van der Waals surface area contributed by atoms with Crippen LogP contribution in [-0.2, 0) is 5.41 Å². The fourth-order valence-corrected chi connectivity index (χ4v) is 9.65. The van der Waals surface area contributed by atoms with Crippen LogP contribution in [0.2, 0.25) is 0 Å². The summed E-state index contributed by atoms with van der Waals surface area (Å²) in [5.41, 5.74) is 6.90. The molecule has 1 aliphatic rings. The van der Waals surface area contributed by atoms with Crippen molar-refractivity contribution in [2.45, 2.75) is 19.3 Å². The number of fused-ring (bicyclic) bond motifs is 10. The molecule has 292 valence electrons. The predicted molar refractivity (Wildman–Crippen MR) is 233 cm³/mol. The Morgan fingerprint density at radius 1 is 0.383 bits per heavy atom. The van der Waals surface area contributed by atoms with Crippen molar-refractivity contribution < 1.29 is 45.3 Å². The Kier molecular flexibility index (Phi) is 7.03. The molecule has 0 spiro atoms. The van der Waals surface area contributed by atoms with Crippen LogP contribution in [0.1, 0.15) is 25.0 Å². The second kappa shape index (κ2) is 12.0. The molecule has 0 atom stereocenters. The largest absolute Gasteiger partial charge is 0.504 e. The zero-order chi connectivity index (χ0) is 41.5. The van der Waals surface area contributed by atoms with Crippen molar-refractivity contribution in [3.8, 4) is 90.5 Å². The lowest BCUT2D eigenvalue weighted by atomic mass is 9.80. The normalized spacial score (nSPS) is 13.2. The van der Waals surface area contributed by atoms with Crippen molar-refractivity contribution in [3.05, 3.63) is 132 Å². The second-order valence-electron chi connectivity index (χ2n) is 16.0. The molecule has 0 aliphatic heterocycles. The van der Waals surface area contributed by atoms with E-state index in [9.17, 15) is 40.9 Å².